The van der Waals surface area contributed by atoms with Gasteiger partial charge in [0.05, 0.1) is 11.9 Å². The van der Waals surface area contributed by atoms with Crippen LogP contribution in [0, 0.1) is 11.6 Å². The van der Waals surface area contributed by atoms with Crippen LogP contribution in [0.15, 0.2) is 35.5 Å². The number of halogens is 2. The fourth-order valence-electron chi connectivity index (χ4n) is 2.64. The van der Waals surface area contributed by atoms with Crippen LogP contribution in [0.3, 0.4) is 0 Å². The molecule has 0 saturated carbocycles. The van der Waals surface area contributed by atoms with Crippen molar-refractivity contribution in [3.8, 4) is 0 Å². The molecule has 0 bridgehead atoms. The summed E-state index contributed by atoms with van der Waals surface area (Å²) in [4.78, 5) is 1.79. The molecule has 0 amide bonds. The van der Waals surface area contributed by atoms with Gasteiger partial charge >= 0.3 is 0 Å². The molecule has 1 aliphatic rings. The van der Waals surface area contributed by atoms with E-state index in [4.69, 9.17) is 0 Å². The summed E-state index contributed by atoms with van der Waals surface area (Å²) in [5, 5.41) is 3.84. The van der Waals surface area contributed by atoms with Crippen molar-refractivity contribution in [1.82, 2.24) is 14.5 Å². The second-order valence-electron chi connectivity index (χ2n) is 5.50. The van der Waals surface area contributed by atoms with Crippen molar-refractivity contribution in [2.45, 2.75) is 17.4 Å². The molecule has 1 aromatic carbocycles. The normalized spacial score (nSPS) is 18.6. The second-order valence-corrected chi connectivity index (χ2v) is 7.21. The minimum Gasteiger partial charge on any atom is -0.368 e. The van der Waals surface area contributed by atoms with E-state index in [0.717, 1.165) is 6.07 Å². The van der Waals surface area contributed by atoms with Crippen LogP contribution in [-0.4, -0.2) is 37.3 Å². The van der Waals surface area contributed by atoms with Gasteiger partial charge in [-0.05, 0) is 18.6 Å². The lowest BCUT2D eigenvalue weighted by Crippen LogP contribution is -2.37. The number of rotatable bonds is 4. The van der Waals surface area contributed by atoms with E-state index in [1.807, 2.05) is 0 Å². The predicted octanol–water partition coefficient (Wildman–Crippen LogP) is 1.26. The Labute approximate surface area is 132 Å². The summed E-state index contributed by atoms with van der Waals surface area (Å²) in [6.45, 7) is 0.810. The molecule has 1 N–H and O–H groups in total. The summed E-state index contributed by atoms with van der Waals surface area (Å²) >= 11 is 0. The molecule has 1 aromatic heterocycles. The lowest BCUT2D eigenvalue weighted by molar-refractivity contribution is 0.561. The molecule has 0 unspecified atom stereocenters. The Kier molecular flexibility index (Phi) is 4.07. The Balaban J connectivity index is 1.70. The number of sulfonamides is 1. The number of aromatic nitrogens is 2. The van der Waals surface area contributed by atoms with E-state index in [2.05, 4.69) is 9.82 Å². The molecular weight excluding hydrogens is 326 g/mol. The van der Waals surface area contributed by atoms with Gasteiger partial charge < -0.3 is 4.90 Å². The first-order chi connectivity index (χ1) is 10.8. The van der Waals surface area contributed by atoms with Gasteiger partial charge in [-0.25, -0.2) is 21.9 Å². The van der Waals surface area contributed by atoms with Crippen LogP contribution < -0.4 is 9.62 Å². The molecule has 1 aliphatic heterocycles. The van der Waals surface area contributed by atoms with E-state index in [1.54, 1.807) is 11.9 Å². The maximum Gasteiger partial charge on any atom is 0.244 e. The number of benzene rings is 1. The first-order valence-corrected chi connectivity index (χ1v) is 8.54. The maximum atomic E-state index is 13.8. The van der Waals surface area contributed by atoms with Crippen molar-refractivity contribution < 1.29 is 17.2 Å². The lowest BCUT2D eigenvalue weighted by Gasteiger charge is -2.19. The SMILES string of the molecule is Cn1cc(S(=O)(=O)N[C@@H]2CCN(c3ccc(F)cc3F)C2)cn1. The standard InChI is InChI=1S/C14H16F2N4O2S/c1-19-9-12(7-17-19)23(21,22)18-11-4-5-20(8-11)14-3-2-10(15)6-13(14)16/h2-3,6-7,9,11,18H,4-5,8H2,1H3/t11-/m1/s1. The number of hydrogen-bond donors (Lipinski definition) is 1. The van der Waals surface area contributed by atoms with E-state index in [0.29, 0.717) is 19.5 Å². The molecule has 0 radical (unpaired) electrons. The van der Waals surface area contributed by atoms with E-state index >= 15 is 0 Å². The van der Waals surface area contributed by atoms with Gasteiger partial charge in [0, 0.05) is 38.4 Å². The van der Waals surface area contributed by atoms with Gasteiger partial charge in [-0.1, -0.05) is 0 Å². The zero-order valence-electron chi connectivity index (χ0n) is 12.4. The quantitative estimate of drug-likeness (QED) is 0.908. The number of nitrogens with zero attached hydrogens (tertiary/aromatic N) is 3. The minimum atomic E-state index is -3.66. The average Bonchev–Trinajstić information content (AvgIpc) is 3.08. The van der Waals surface area contributed by atoms with Gasteiger partial charge in [0.25, 0.3) is 0 Å². The fraction of sp³-hybridized carbons (Fsp3) is 0.357. The number of hydrogen-bond acceptors (Lipinski definition) is 4. The van der Waals surface area contributed by atoms with Crippen molar-refractivity contribution >= 4 is 15.7 Å². The predicted molar refractivity (Wildman–Crippen MR) is 80.5 cm³/mol. The molecule has 1 saturated heterocycles. The summed E-state index contributed by atoms with van der Waals surface area (Å²) in [5.74, 6) is -1.29. The first-order valence-electron chi connectivity index (χ1n) is 7.06. The molecular formula is C14H16F2N4O2S. The van der Waals surface area contributed by atoms with Crippen molar-refractivity contribution in [2.24, 2.45) is 7.05 Å². The van der Waals surface area contributed by atoms with Gasteiger partial charge in [-0.2, -0.15) is 5.10 Å². The van der Waals surface area contributed by atoms with Crippen molar-refractivity contribution in [1.29, 1.82) is 0 Å². The monoisotopic (exact) mass is 342 g/mol. The zero-order chi connectivity index (χ0) is 16.6. The van der Waals surface area contributed by atoms with Crippen LogP contribution in [0.1, 0.15) is 6.42 Å². The molecule has 3 rings (SSSR count). The largest absolute Gasteiger partial charge is 0.368 e. The van der Waals surface area contributed by atoms with E-state index < -0.39 is 21.7 Å². The van der Waals surface area contributed by atoms with E-state index in [1.165, 1.54) is 29.2 Å². The average molecular weight is 342 g/mol. The molecule has 0 aliphatic carbocycles. The third-order valence-corrected chi connectivity index (χ3v) is 5.23. The minimum absolute atomic E-state index is 0.0893. The molecule has 23 heavy (non-hydrogen) atoms. The Morgan fingerprint density at radius 3 is 2.78 bits per heavy atom. The second kappa shape index (κ2) is 5.89. The number of aryl methyl sites for hydroxylation is 1. The Hall–Kier alpha value is -2.00. The molecule has 124 valence electrons. The Morgan fingerprint density at radius 2 is 2.13 bits per heavy atom. The Morgan fingerprint density at radius 1 is 1.35 bits per heavy atom. The highest BCUT2D eigenvalue weighted by Gasteiger charge is 2.29. The van der Waals surface area contributed by atoms with Gasteiger partial charge in [0.15, 0.2) is 0 Å². The third-order valence-electron chi connectivity index (χ3n) is 3.75. The van der Waals surface area contributed by atoms with E-state index in [9.17, 15) is 17.2 Å². The highest BCUT2D eigenvalue weighted by atomic mass is 32.2. The van der Waals surface area contributed by atoms with Crippen molar-refractivity contribution in [3.63, 3.8) is 0 Å². The topological polar surface area (TPSA) is 67.2 Å². The van der Waals surface area contributed by atoms with Crippen molar-refractivity contribution in [2.75, 3.05) is 18.0 Å². The van der Waals surface area contributed by atoms with Crippen LogP contribution in [0.2, 0.25) is 0 Å². The smallest absolute Gasteiger partial charge is 0.244 e. The van der Waals surface area contributed by atoms with Gasteiger partial charge in [-0.3, -0.25) is 4.68 Å². The fourth-order valence-corrected chi connectivity index (χ4v) is 3.88. The van der Waals surface area contributed by atoms with Crippen LogP contribution in [-0.2, 0) is 17.1 Å². The molecule has 2 heterocycles. The molecule has 1 atom stereocenters. The molecule has 1 fully saturated rings. The van der Waals surface area contributed by atoms with Gasteiger partial charge in [0.1, 0.15) is 16.5 Å². The third kappa shape index (κ3) is 3.35. The zero-order valence-corrected chi connectivity index (χ0v) is 13.2. The van der Waals surface area contributed by atoms with E-state index in [-0.39, 0.29) is 16.6 Å². The highest BCUT2D eigenvalue weighted by Crippen LogP contribution is 2.25. The Bertz CT molecular complexity index is 822. The molecule has 9 heteroatoms. The summed E-state index contributed by atoms with van der Waals surface area (Å²) < 4.78 is 55.3. The first kappa shape index (κ1) is 15.9. The van der Waals surface area contributed by atoms with Crippen LogP contribution >= 0.6 is 0 Å². The summed E-state index contributed by atoms with van der Waals surface area (Å²) in [6, 6.07) is 3.03. The maximum absolute atomic E-state index is 13.8. The summed E-state index contributed by atoms with van der Waals surface area (Å²) in [5.41, 5.74) is 0.273. The number of nitrogens with one attached hydrogen (secondary N) is 1. The highest BCUT2D eigenvalue weighted by molar-refractivity contribution is 7.89. The van der Waals surface area contributed by atoms with Gasteiger partial charge in [-0.15, -0.1) is 0 Å². The number of anilines is 1. The summed E-state index contributed by atoms with van der Waals surface area (Å²) in [7, 11) is -2.03. The van der Waals surface area contributed by atoms with Crippen LogP contribution in [0.4, 0.5) is 14.5 Å². The lowest BCUT2D eigenvalue weighted by atomic mass is 10.2. The summed E-state index contributed by atoms with van der Waals surface area (Å²) in [6.07, 6.45) is 3.22. The van der Waals surface area contributed by atoms with Crippen LogP contribution in [0.5, 0.6) is 0 Å². The van der Waals surface area contributed by atoms with Gasteiger partial charge in [0.2, 0.25) is 10.0 Å². The van der Waals surface area contributed by atoms with Crippen molar-refractivity contribution in [3.05, 3.63) is 42.2 Å². The van der Waals surface area contributed by atoms with Crippen LogP contribution in [0.25, 0.3) is 0 Å². The molecule has 6 nitrogen and oxygen atoms in total. The molecule has 2 aromatic rings. The molecule has 0 spiro atoms.